The lowest BCUT2D eigenvalue weighted by molar-refractivity contribution is -0.137. The van der Waals surface area contributed by atoms with Gasteiger partial charge in [-0.15, -0.1) is 0 Å². The number of likely N-dealkylation sites (N-methyl/N-ethyl adjacent to an activating group) is 2. The highest BCUT2D eigenvalue weighted by molar-refractivity contribution is 6.05. The second-order valence-corrected chi connectivity index (χ2v) is 13.4. The number of nitrogens with one attached hydrogen (secondary N) is 2. The molecule has 1 aromatic heterocycles. The highest BCUT2D eigenvalue weighted by Gasteiger charge is 2.47. The number of amides is 3. The quantitative estimate of drug-likeness (QED) is 0.237. The van der Waals surface area contributed by atoms with Crippen LogP contribution in [0.2, 0.25) is 0 Å². The number of allylic oxidation sites excluding steroid dienone is 2. The van der Waals surface area contributed by atoms with Crippen LogP contribution in [0.15, 0.2) is 72.3 Å². The largest absolute Gasteiger partial charge is 0.416 e. The van der Waals surface area contributed by atoms with Crippen molar-refractivity contribution in [1.29, 1.82) is 0 Å². The van der Waals surface area contributed by atoms with Crippen LogP contribution < -0.4 is 15.5 Å². The van der Waals surface area contributed by atoms with Crippen molar-refractivity contribution < 1.29 is 31.9 Å². The maximum atomic E-state index is 14.5. The second-order valence-electron chi connectivity index (χ2n) is 13.4. The molecule has 2 N–H and O–H groups in total. The number of aromatic nitrogens is 2. The Morgan fingerprint density at radius 3 is 2.44 bits per heavy atom. The van der Waals surface area contributed by atoms with Gasteiger partial charge in [0.2, 0.25) is 5.91 Å². The lowest BCUT2D eigenvalue weighted by atomic mass is 9.80. The number of benzene rings is 2. The zero-order chi connectivity index (χ0) is 35.9. The number of hydrogen-bond donors (Lipinski definition) is 2. The summed E-state index contributed by atoms with van der Waals surface area (Å²) < 4.78 is 56.8. The molecular formula is C37H40F4N6O3. The Balaban J connectivity index is 1.49. The van der Waals surface area contributed by atoms with Crippen molar-refractivity contribution in [2.24, 2.45) is 11.8 Å². The zero-order valence-electron chi connectivity index (χ0n) is 28.3. The van der Waals surface area contributed by atoms with Crippen LogP contribution in [0.3, 0.4) is 0 Å². The minimum absolute atomic E-state index is 0.000547. The first-order valence-electron chi connectivity index (χ1n) is 16.8. The van der Waals surface area contributed by atoms with E-state index >= 15 is 0 Å². The minimum Gasteiger partial charge on any atom is -0.347 e. The van der Waals surface area contributed by atoms with Gasteiger partial charge in [0.1, 0.15) is 17.7 Å². The van der Waals surface area contributed by atoms with Gasteiger partial charge in [0.15, 0.2) is 0 Å². The molecule has 3 unspecified atom stereocenters. The molecule has 5 atom stereocenters. The first-order valence-corrected chi connectivity index (χ1v) is 16.8. The Morgan fingerprint density at radius 2 is 1.78 bits per heavy atom. The molecule has 2 aromatic carbocycles. The van der Waals surface area contributed by atoms with Crippen LogP contribution in [0.5, 0.6) is 0 Å². The molecule has 0 saturated carbocycles. The number of rotatable bonds is 8. The fraction of sp³-hybridized carbons (Fsp3) is 0.405. The summed E-state index contributed by atoms with van der Waals surface area (Å²) in [5.74, 6) is -2.25. The van der Waals surface area contributed by atoms with Crippen molar-refractivity contribution in [3.8, 4) is 0 Å². The molecule has 2 aliphatic heterocycles. The maximum Gasteiger partial charge on any atom is 0.416 e. The molecule has 0 spiro atoms. The lowest BCUT2D eigenvalue weighted by Gasteiger charge is -2.40. The molecule has 0 radical (unpaired) electrons. The molecule has 9 nitrogen and oxygen atoms in total. The Hall–Kier alpha value is -4.78. The molecule has 3 aromatic rings. The van der Waals surface area contributed by atoms with Crippen molar-refractivity contribution in [3.05, 3.63) is 106 Å². The molecule has 264 valence electrons. The number of alkyl halides is 3. The Morgan fingerprint density at radius 1 is 1.04 bits per heavy atom. The van der Waals surface area contributed by atoms with Gasteiger partial charge in [-0.1, -0.05) is 50.3 Å². The van der Waals surface area contributed by atoms with E-state index in [1.165, 1.54) is 35.2 Å². The summed E-state index contributed by atoms with van der Waals surface area (Å²) in [6.45, 7) is 7.29. The molecule has 0 bridgehead atoms. The third kappa shape index (κ3) is 6.83. The molecule has 0 fully saturated rings. The van der Waals surface area contributed by atoms with E-state index in [0.717, 1.165) is 24.6 Å². The van der Waals surface area contributed by atoms with Gasteiger partial charge in [-0.2, -0.15) is 18.3 Å². The average Bonchev–Trinajstić information content (AvgIpc) is 3.69. The number of fused-ring (bicyclic) bond motifs is 1. The number of halogens is 4. The Bertz CT molecular complexity index is 1850. The molecule has 13 heteroatoms. The van der Waals surface area contributed by atoms with Crippen LogP contribution in [0.4, 0.5) is 23.4 Å². The SMILES string of the molecule is CCN1C(=O)[C@H](NC(=O)c2cccc(C(F)(F)F)c2)[C@H](c2ccc(F)cc2)c2c(CNC(=O)C3=CCN(C)C3)nn(C3CC(C)C=CC3C)c21. The van der Waals surface area contributed by atoms with Gasteiger partial charge in [0.05, 0.1) is 23.8 Å². The van der Waals surface area contributed by atoms with E-state index in [9.17, 15) is 31.9 Å². The average molecular weight is 693 g/mol. The molecule has 50 heavy (non-hydrogen) atoms. The van der Waals surface area contributed by atoms with E-state index in [2.05, 4.69) is 36.6 Å². The smallest absolute Gasteiger partial charge is 0.347 e. The zero-order valence-corrected chi connectivity index (χ0v) is 28.3. The molecule has 3 aliphatic rings. The van der Waals surface area contributed by atoms with Gasteiger partial charge >= 0.3 is 6.18 Å². The van der Waals surface area contributed by atoms with Crippen molar-refractivity contribution in [1.82, 2.24) is 25.3 Å². The predicted molar refractivity (Wildman–Crippen MR) is 180 cm³/mol. The van der Waals surface area contributed by atoms with Crippen LogP contribution in [0.1, 0.15) is 71.9 Å². The van der Waals surface area contributed by atoms with Gasteiger partial charge in [0, 0.05) is 42.3 Å². The Kier molecular flexibility index (Phi) is 9.71. The molecule has 1 aliphatic carbocycles. The van der Waals surface area contributed by atoms with E-state index in [1.807, 2.05) is 22.7 Å². The summed E-state index contributed by atoms with van der Waals surface area (Å²) >= 11 is 0. The van der Waals surface area contributed by atoms with Crippen LogP contribution in [0.25, 0.3) is 0 Å². The Labute approximate surface area is 288 Å². The molecule has 3 amide bonds. The van der Waals surface area contributed by atoms with Crippen LogP contribution in [-0.2, 0) is 22.3 Å². The van der Waals surface area contributed by atoms with E-state index in [4.69, 9.17) is 5.10 Å². The van der Waals surface area contributed by atoms with Gasteiger partial charge in [-0.05, 0) is 68.1 Å². The number of carbonyl (C=O) groups is 3. The minimum atomic E-state index is -4.68. The van der Waals surface area contributed by atoms with Gasteiger partial charge in [-0.25, -0.2) is 9.07 Å². The number of nitrogens with zero attached hydrogens (tertiary/aromatic N) is 4. The number of carbonyl (C=O) groups excluding carboxylic acids is 3. The fourth-order valence-electron chi connectivity index (χ4n) is 7.17. The summed E-state index contributed by atoms with van der Waals surface area (Å²) in [4.78, 5) is 45.0. The third-order valence-electron chi connectivity index (χ3n) is 9.79. The summed E-state index contributed by atoms with van der Waals surface area (Å²) in [6.07, 6.45) is 2.18. The first-order chi connectivity index (χ1) is 23.8. The topological polar surface area (TPSA) is 99.6 Å². The molecule has 6 rings (SSSR count). The molecular weight excluding hydrogens is 652 g/mol. The fourth-order valence-corrected chi connectivity index (χ4v) is 7.17. The van der Waals surface area contributed by atoms with Crippen LogP contribution >= 0.6 is 0 Å². The summed E-state index contributed by atoms with van der Waals surface area (Å²) in [6, 6.07) is 8.10. The van der Waals surface area contributed by atoms with Crippen molar-refractivity contribution in [3.63, 3.8) is 0 Å². The van der Waals surface area contributed by atoms with Crippen LogP contribution in [0, 0.1) is 17.7 Å². The maximum absolute atomic E-state index is 14.5. The van der Waals surface area contributed by atoms with Gasteiger partial charge in [-0.3, -0.25) is 24.2 Å². The standard InChI is InChI=1S/C37H40F4N6O3/c1-5-46-35-31(28(19-42-33(48)25-15-16-45(4)20-25)44-47(35)29-17-21(2)9-10-22(29)3)30(23-11-13-27(38)14-12-23)32(36(46)50)43-34(49)24-7-6-8-26(18-24)37(39,40)41/h6-15,18,21-22,29-30,32H,5,16-17,19-20H2,1-4H3,(H,42,48)(H,43,49)/t21?,22?,29?,30-,32-/m1/s1. The normalized spacial score (nSPS) is 23.8. The first kappa shape index (κ1) is 35.1. The van der Waals surface area contributed by atoms with Gasteiger partial charge in [0.25, 0.3) is 11.8 Å². The van der Waals surface area contributed by atoms with Gasteiger partial charge < -0.3 is 10.6 Å². The van der Waals surface area contributed by atoms with E-state index in [0.29, 0.717) is 41.3 Å². The molecule has 0 saturated heterocycles. The highest BCUT2D eigenvalue weighted by Crippen LogP contribution is 2.46. The van der Waals surface area contributed by atoms with E-state index in [-0.39, 0.29) is 42.4 Å². The van der Waals surface area contributed by atoms with Crippen molar-refractivity contribution in [2.75, 3.05) is 31.6 Å². The monoisotopic (exact) mass is 692 g/mol. The number of anilines is 1. The summed E-state index contributed by atoms with van der Waals surface area (Å²) in [7, 11) is 1.91. The van der Waals surface area contributed by atoms with E-state index in [1.54, 1.807) is 6.92 Å². The van der Waals surface area contributed by atoms with Crippen molar-refractivity contribution in [2.45, 2.75) is 57.9 Å². The second kappa shape index (κ2) is 13.9. The summed E-state index contributed by atoms with van der Waals surface area (Å²) in [5, 5.41) is 10.8. The van der Waals surface area contributed by atoms with E-state index < -0.39 is 41.3 Å². The lowest BCUT2D eigenvalue weighted by Crippen LogP contribution is -2.55. The van der Waals surface area contributed by atoms with Crippen molar-refractivity contribution >= 4 is 23.5 Å². The third-order valence-corrected chi connectivity index (χ3v) is 9.79. The summed E-state index contributed by atoms with van der Waals surface area (Å²) in [5.41, 5.74) is 0.873. The molecule has 3 heterocycles. The van der Waals surface area contributed by atoms with Crippen LogP contribution in [-0.4, -0.2) is 65.1 Å². The highest BCUT2D eigenvalue weighted by atomic mass is 19.4. The number of hydrogen-bond acceptors (Lipinski definition) is 5. The predicted octanol–water partition coefficient (Wildman–Crippen LogP) is 5.60.